The van der Waals surface area contributed by atoms with Crippen LogP contribution in [0.2, 0.25) is 0 Å². The Balaban J connectivity index is 2.34. The molecule has 0 aliphatic rings. The van der Waals surface area contributed by atoms with Crippen LogP contribution in [0.3, 0.4) is 0 Å². The Morgan fingerprint density at radius 1 is 1.67 bits per heavy atom. The van der Waals surface area contributed by atoms with Gasteiger partial charge in [0.25, 0.3) is 0 Å². The topological polar surface area (TPSA) is 12.0 Å². The van der Waals surface area contributed by atoms with Crippen molar-refractivity contribution in [3.8, 4) is 0 Å². The average Bonchev–Trinajstić information content (AvgIpc) is 1.61. The maximum Gasteiger partial charge on any atom is 0.0162 e. The Kier molecular flexibility index (Phi) is 5.58. The third-order valence-electron chi connectivity index (χ3n) is 0.529. The monoisotopic (exact) mass is 104 g/mol. The molecule has 6 heavy (non-hydrogen) atoms. The lowest BCUT2D eigenvalue weighted by atomic mass is 10.7. The van der Waals surface area contributed by atoms with E-state index in [2.05, 4.69) is 24.9 Å². The molecule has 0 unspecified atom stereocenters. The van der Waals surface area contributed by atoms with Crippen LogP contribution in [0.5, 0.6) is 0 Å². The molecule has 0 bridgehead atoms. The summed E-state index contributed by atoms with van der Waals surface area (Å²) in [4.78, 5) is 0. The minimum absolute atomic E-state index is 0.827. The van der Waals surface area contributed by atoms with Gasteiger partial charge < -0.3 is 5.32 Å². The minimum Gasteiger partial charge on any atom is -0.316 e. The van der Waals surface area contributed by atoms with Gasteiger partial charge in [0, 0.05) is 12.3 Å². The zero-order valence-electron chi connectivity index (χ0n) is 4.03. The summed E-state index contributed by atoms with van der Waals surface area (Å²) in [6, 6.07) is 0. The summed E-state index contributed by atoms with van der Waals surface area (Å²) in [5.41, 5.74) is 0. The highest BCUT2D eigenvalue weighted by molar-refractivity contribution is 7.80. The van der Waals surface area contributed by atoms with E-state index in [1.165, 1.54) is 0 Å². The van der Waals surface area contributed by atoms with Crippen LogP contribution in [0, 0.1) is 0 Å². The molecule has 2 heteroatoms. The summed E-state index contributed by atoms with van der Waals surface area (Å²) in [5, 5.41) is 3.09. The first-order chi connectivity index (χ1) is 2.91. The first-order valence-corrected chi connectivity index (χ1v) is 2.78. The van der Waals surface area contributed by atoms with Crippen molar-refractivity contribution in [2.45, 2.75) is 6.92 Å². The van der Waals surface area contributed by atoms with Gasteiger partial charge in [-0.05, 0) is 6.54 Å². The van der Waals surface area contributed by atoms with E-state index in [4.69, 9.17) is 0 Å². The highest BCUT2D eigenvalue weighted by Gasteiger charge is 1.72. The molecule has 0 saturated heterocycles. The van der Waals surface area contributed by atoms with Crippen molar-refractivity contribution in [3.63, 3.8) is 0 Å². The molecule has 0 aromatic heterocycles. The SMILES string of the molecule is CCNCC[S]. The van der Waals surface area contributed by atoms with Crippen molar-refractivity contribution in [3.05, 3.63) is 0 Å². The van der Waals surface area contributed by atoms with Crippen molar-refractivity contribution in [2.24, 2.45) is 0 Å². The molecule has 0 aromatic carbocycles. The number of nitrogens with one attached hydrogen (secondary N) is 1. The van der Waals surface area contributed by atoms with Gasteiger partial charge in [-0.15, -0.1) is 0 Å². The van der Waals surface area contributed by atoms with E-state index in [1.54, 1.807) is 0 Å². The molecular weight excluding hydrogens is 94.1 g/mol. The summed E-state index contributed by atoms with van der Waals surface area (Å²) in [6.45, 7) is 4.09. The molecule has 1 N–H and O–H groups in total. The van der Waals surface area contributed by atoms with E-state index < -0.39 is 0 Å². The zero-order valence-corrected chi connectivity index (χ0v) is 4.85. The molecule has 0 aliphatic heterocycles. The first-order valence-electron chi connectivity index (χ1n) is 2.20. The highest BCUT2D eigenvalue weighted by atomic mass is 32.1. The lowest BCUT2D eigenvalue weighted by molar-refractivity contribution is 0.769. The Hall–Kier alpha value is 0.310. The fourth-order valence-electron chi connectivity index (χ4n) is 0.249. The molecule has 0 rings (SSSR count). The molecule has 1 radical (unpaired) electrons. The van der Waals surface area contributed by atoms with Crippen LogP contribution >= 0.6 is 12.6 Å². The minimum atomic E-state index is 0.827. The van der Waals surface area contributed by atoms with Gasteiger partial charge in [-0.3, -0.25) is 0 Å². The maximum absolute atomic E-state index is 4.65. The van der Waals surface area contributed by atoms with Crippen molar-refractivity contribution >= 4 is 12.6 Å². The van der Waals surface area contributed by atoms with Crippen LogP contribution in [0.25, 0.3) is 0 Å². The summed E-state index contributed by atoms with van der Waals surface area (Å²) in [6.07, 6.45) is 0. The molecule has 1 nitrogen and oxygen atoms in total. The summed E-state index contributed by atoms with van der Waals surface area (Å²) in [5.74, 6) is 0.827. The van der Waals surface area contributed by atoms with Gasteiger partial charge in [0.15, 0.2) is 0 Å². The molecule has 0 aromatic rings. The largest absolute Gasteiger partial charge is 0.316 e. The second-order valence-corrected chi connectivity index (χ2v) is 1.47. The summed E-state index contributed by atoms with van der Waals surface area (Å²) < 4.78 is 0. The predicted molar refractivity (Wildman–Crippen MR) is 31.0 cm³/mol. The quantitative estimate of drug-likeness (QED) is 0.522. The molecule has 0 saturated carbocycles. The Morgan fingerprint density at radius 2 is 2.33 bits per heavy atom. The second-order valence-electron chi connectivity index (χ2n) is 1.06. The van der Waals surface area contributed by atoms with Crippen LogP contribution < -0.4 is 5.32 Å². The molecule has 0 spiro atoms. The van der Waals surface area contributed by atoms with Gasteiger partial charge in [0.05, 0.1) is 0 Å². The molecular formula is C4H10NS. The van der Waals surface area contributed by atoms with Crippen LogP contribution in [-0.4, -0.2) is 18.8 Å². The van der Waals surface area contributed by atoms with Crippen molar-refractivity contribution in [1.29, 1.82) is 0 Å². The molecule has 0 fully saturated rings. The number of hydrogen-bond acceptors (Lipinski definition) is 1. The lowest BCUT2D eigenvalue weighted by Gasteiger charge is -1.90. The maximum atomic E-state index is 4.65. The smallest absolute Gasteiger partial charge is 0.0162 e. The third-order valence-corrected chi connectivity index (χ3v) is 0.733. The second kappa shape index (κ2) is 5.31. The predicted octanol–water partition coefficient (Wildman–Crippen LogP) is 0.793. The van der Waals surface area contributed by atoms with Crippen LogP contribution in [0.15, 0.2) is 0 Å². The fraction of sp³-hybridized carbons (Fsp3) is 1.00. The molecule has 0 atom stereocenters. The fourth-order valence-corrected chi connectivity index (χ4v) is 0.393. The summed E-state index contributed by atoms with van der Waals surface area (Å²) in [7, 11) is 0. The average molecular weight is 104 g/mol. The third kappa shape index (κ3) is 4.31. The molecule has 37 valence electrons. The molecule has 0 amide bonds. The van der Waals surface area contributed by atoms with Crippen molar-refractivity contribution in [2.75, 3.05) is 18.8 Å². The molecule has 0 heterocycles. The standard InChI is InChI=1S/C4H10NS/c1-2-5-3-4-6/h5H,2-4H2,1H3. The number of rotatable bonds is 3. The first kappa shape index (κ1) is 6.31. The Labute approximate surface area is 44.5 Å². The van der Waals surface area contributed by atoms with E-state index in [0.29, 0.717) is 0 Å². The Morgan fingerprint density at radius 3 is 2.50 bits per heavy atom. The van der Waals surface area contributed by atoms with Crippen LogP contribution in [0.4, 0.5) is 0 Å². The van der Waals surface area contributed by atoms with E-state index in [1.807, 2.05) is 0 Å². The molecule has 0 aliphatic carbocycles. The van der Waals surface area contributed by atoms with Crippen LogP contribution in [-0.2, 0) is 0 Å². The van der Waals surface area contributed by atoms with Crippen LogP contribution in [0.1, 0.15) is 6.92 Å². The van der Waals surface area contributed by atoms with Gasteiger partial charge in [-0.1, -0.05) is 19.6 Å². The highest BCUT2D eigenvalue weighted by Crippen LogP contribution is 1.65. The lowest BCUT2D eigenvalue weighted by Crippen LogP contribution is -2.14. The Bertz CT molecular complexity index is 19.5. The zero-order chi connectivity index (χ0) is 4.83. The van der Waals surface area contributed by atoms with Gasteiger partial charge >= 0.3 is 0 Å². The van der Waals surface area contributed by atoms with E-state index in [9.17, 15) is 0 Å². The van der Waals surface area contributed by atoms with Gasteiger partial charge in [-0.2, -0.15) is 0 Å². The van der Waals surface area contributed by atoms with E-state index in [-0.39, 0.29) is 0 Å². The van der Waals surface area contributed by atoms with Gasteiger partial charge in [0.1, 0.15) is 0 Å². The normalized spacial score (nSPS) is 9.00. The van der Waals surface area contributed by atoms with Crippen molar-refractivity contribution in [1.82, 2.24) is 5.32 Å². The van der Waals surface area contributed by atoms with Crippen molar-refractivity contribution < 1.29 is 0 Å². The number of hydrogen-bond donors (Lipinski definition) is 1. The van der Waals surface area contributed by atoms with Gasteiger partial charge in [-0.25, -0.2) is 0 Å². The summed E-state index contributed by atoms with van der Waals surface area (Å²) >= 11 is 4.65. The van der Waals surface area contributed by atoms with E-state index >= 15 is 0 Å². The van der Waals surface area contributed by atoms with E-state index in [0.717, 1.165) is 18.8 Å². The van der Waals surface area contributed by atoms with Gasteiger partial charge in [0.2, 0.25) is 0 Å².